The number of carbonyl (C=O) groups excluding carboxylic acids is 1. The van der Waals surface area contributed by atoms with Gasteiger partial charge in [0.1, 0.15) is 5.92 Å². The maximum Gasteiger partial charge on any atom is 0.151 e. The van der Waals surface area contributed by atoms with E-state index in [1.807, 2.05) is 6.08 Å². The molecule has 0 aromatic carbocycles. The Morgan fingerprint density at radius 1 is 1.59 bits per heavy atom. The largest absolute Gasteiger partial charge is 0.298 e. The molecule has 0 spiro atoms. The van der Waals surface area contributed by atoms with Gasteiger partial charge in [0.05, 0.1) is 6.07 Å². The van der Waals surface area contributed by atoms with Crippen LogP contribution in [0.25, 0.3) is 0 Å². The van der Waals surface area contributed by atoms with Crippen molar-refractivity contribution < 1.29 is 4.79 Å². The van der Waals surface area contributed by atoms with E-state index in [2.05, 4.69) is 18.0 Å². The number of allylic oxidation sites excluding steroid dienone is 2. The Balaban J connectivity index is 2.76. The molecule has 0 N–H and O–H groups in total. The highest BCUT2D eigenvalue weighted by Gasteiger charge is 2.21. The Bertz CT molecular complexity index is 374. The smallest absolute Gasteiger partial charge is 0.151 e. The van der Waals surface area contributed by atoms with Gasteiger partial charge in [-0.15, -0.1) is 0 Å². The number of nitrogens with zero attached hydrogens (tertiary/aromatic N) is 2. The first-order valence-corrected chi connectivity index (χ1v) is 6.33. The molecule has 0 saturated carbocycles. The van der Waals surface area contributed by atoms with E-state index in [9.17, 15) is 4.79 Å². The number of unbranched alkanes of at least 4 members (excludes halogenated alkanes) is 1. The van der Waals surface area contributed by atoms with Crippen LogP contribution >= 0.6 is 0 Å². The van der Waals surface area contributed by atoms with Crippen molar-refractivity contribution in [2.45, 2.75) is 46.0 Å². The van der Waals surface area contributed by atoms with E-state index in [1.54, 1.807) is 0 Å². The van der Waals surface area contributed by atoms with Crippen molar-refractivity contribution in [3.63, 3.8) is 0 Å². The van der Waals surface area contributed by atoms with E-state index >= 15 is 0 Å². The second-order valence-corrected chi connectivity index (χ2v) is 4.47. The minimum atomic E-state index is -0.563. The van der Waals surface area contributed by atoms with Crippen molar-refractivity contribution in [2.75, 3.05) is 6.54 Å². The zero-order chi connectivity index (χ0) is 12.7. The molecule has 0 heterocycles. The molecule has 92 valence electrons. The van der Waals surface area contributed by atoms with Gasteiger partial charge in [0, 0.05) is 12.3 Å². The summed E-state index contributed by atoms with van der Waals surface area (Å²) < 4.78 is 0. The summed E-state index contributed by atoms with van der Waals surface area (Å²) in [7, 11) is 0. The lowest BCUT2D eigenvalue weighted by Gasteiger charge is -2.17. The average Bonchev–Trinajstić information content (AvgIpc) is 2.30. The van der Waals surface area contributed by atoms with E-state index in [0.717, 1.165) is 49.9 Å². The number of hydrogen-bond acceptors (Lipinski definition) is 3. The molecule has 0 aromatic rings. The summed E-state index contributed by atoms with van der Waals surface area (Å²) in [6.45, 7) is 4.48. The summed E-state index contributed by atoms with van der Waals surface area (Å²) in [4.78, 5) is 15.9. The van der Waals surface area contributed by atoms with Crippen molar-refractivity contribution in [3.05, 3.63) is 11.6 Å². The van der Waals surface area contributed by atoms with Crippen LogP contribution in [0, 0.1) is 17.2 Å². The fourth-order valence-electron chi connectivity index (χ4n) is 2.00. The molecule has 0 aromatic heterocycles. The standard InChI is InChI=1S/C14H20N2O/c1-3-4-8-16-13-7-5-6-12(9-13)14(10-15)11(2)17/h9,14H,3-8H2,1-2H3. The van der Waals surface area contributed by atoms with Crippen molar-refractivity contribution in [1.82, 2.24) is 0 Å². The van der Waals surface area contributed by atoms with Gasteiger partial charge < -0.3 is 0 Å². The number of aliphatic imine (C=N–C) groups is 1. The Morgan fingerprint density at radius 3 is 2.94 bits per heavy atom. The van der Waals surface area contributed by atoms with Gasteiger partial charge in [0.15, 0.2) is 5.78 Å². The molecular weight excluding hydrogens is 212 g/mol. The lowest BCUT2D eigenvalue weighted by Crippen LogP contribution is -2.16. The van der Waals surface area contributed by atoms with E-state index in [-0.39, 0.29) is 5.78 Å². The maximum atomic E-state index is 11.3. The monoisotopic (exact) mass is 232 g/mol. The molecule has 0 amide bonds. The number of hydrogen-bond donors (Lipinski definition) is 0. The van der Waals surface area contributed by atoms with Crippen LogP contribution in [0.2, 0.25) is 0 Å². The lowest BCUT2D eigenvalue weighted by molar-refractivity contribution is -0.118. The summed E-state index contributed by atoms with van der Waals surface area (Å²) in [5, 5.41) is 9.00. The van der Waals surface area contributed by atoms with Crippen LogP contribution in [0.4, 0.5) is 0 Å². The minimum Gasteiger partial charge on any atom is -0.298 e. The predicted molar refractivity (Wildman–Crippen MR) is 68.9 cm³/mol. The Kier molecular flexibility index (Phi) is 5.62. The molecule has 0 saturated heterocycles. The zero-order valence-electron chi connectivity index (χ0n) is 10.7. The first-order chi connectivity index (χ1) is 8.19. The fourth-order valence-corrected chi connectivity index (χ4v) is 2.00. The Labute approximate surface area is 103 Å². The molecular formula is C14H20N2O. The van der Waals surface area contributed by atoms with Crippen LogP contribution < -0.4 is 0 Å². The van der Waals surface area contributed by atoms with Crippen molar-refractivity contribution >= 4 is 11.5 Å². The minimum absolute atomic E-state index is 0.0615. The van der Waals surface area contributed by atoms with Gasteiger partial charge in [-0.1, -0.05) is 13.3 Å². The highest BCUT2D eigenvalue weighted by atomic mass is 16.1. The average molecular weight is 232 g/mol. The number of ketones is 1. The summed E-state index contributed by atoms with van der Waals surface area (Å²) in [6.07, 6.45) is 7.03. The fraction of sp³-hybridized carbons (Fsp3) is 0.643. The normalized spacial score (nSPS) is 19.6. The quantitative estimate of drug-likeness (QED) is 0.684. The van der Waals surface area contributed by atoms with E-state index in [1.165, 1.54) is 6.92 Å². The topological polar surface area (TPSA) is 53.2 Å². The first kappa shape index (κ1) is 13.6. The summed E-state index contributed by atoms with van der Waals surface area (Å²) in [5.74, 6) is -0.625. The molecule has 0 bridgehead atoms. The second kappa shape index (κ2) is 7.01. The molecule has 3 heteroatoms. The molecule has 1 rings (SSSR count). The van der Waals surface area contributed by atoms with Gasteiger partial charge in [-0.05, 0) is 44.3 Å². The van der Waals surface area contributed by atoms with Crippen LogP contribution in [-0.4, -0.2) is 18.0 Å². The van der Waals surface area contributed by atoms with Gasteiger partial charge >= 0.3 is 0 Å². The van der Waals surface area contributed by atoms with E-state index in [0.29, 0.717) is 0 Å². The third-order valence-corrected chi connectivity index (χ3v) is 2.98. The van der Waals surface area contributed by atoms with Gasteiger partial charge in [-0.2, -0.15) is 5.26 Å². The Hall–Kier alpha value is -1.43. The third-order valence-electron chi connectivity index (χ3n) is 2.98. The molecule has 0 radical (unpaired) electrons. The highest BCUT2D eigenvalue weighted by Crippen LogP contribution is 2.23. The van der Waals surface area contributed by atoms with Gasteiger partial charge in [0.25, 0.3) is 0 Å². The van der Waals surface area contributed by atoms with E-state index in [4.69, 9.17) is 5.26 Å². The molecule has 3 nitrogen and oxygen atoms in total. The summed E-state index contributed by atoms with van der Waals surface area (Å²) in [6, 6.07) is 2.09. The molecule has 0 aliphatic heterocycles. The first-order valence-electron chi connectivity index (χ1n) is 6.33. The molecule has 0 fully saturated rings. The zero-order valence-corrected chi connectivity index (χ0v) is 10.7. The second-order valence-electron chi connectivity index (χ2n) is 4.47. The molecule has 17 heavy (non-hydrogen) atoms. The lowest BCUT2D eigenvalue weighted by atomic mass is 9.87. The SMILES string of the molecule is CCCCN=C1C=C(C(C#N)C(C)=O)CCC1. The third kappa shape index (κ3) is 4.14. The Morgan fingerprint density at radius 2 is 2.35 bits per heavy atom. The molecule has 1 atom stereocenters. The van der Waals surface area contributed by atoms with Crippen LogP contribution in [0.5, 0.6) is 0 Å². The number of rotatable bonds is 5. The molecule has 1 unspecified atom stereocenters. The molecule has 1 aliphatic rings. The van der Waals surface area contributed by atoms with Crippen molar-refractivity contribution in [2.24, 2.45) is 10.9 Å². The van der Waals surface area contributed by atoms with Crippen LogP contribution in [0.1, 0.15) is 46.0 Å². The predicted octanol–water partition coefficient (Wildman–Crippen LogP) is 3.07. The van der Waals surface area contributed by atoms with Gasteiger partial charge in [0.2, 0.25) is 0 Å². The van der Waals surface area contributed by atoms with Crippen molar-refractivity contribution in [1.29, 1.82) is 5.26 Å². The van der Waals surface area contributed by atoms with Crippen molar-refractivity contribution in [3.8, 4) is 6.07 Å². The summed E-state index contributed by atoms with van der Waals surface area (Å²) in [5.41, 5.74) is 2.00. The number of carbonyl (C=O) groups is 1. The highest BCUT2D eigenvalue weighted by molar-refractivity contribution is 5.98. The van der Waals surface area contributed by atoms with E-state index < -0.39 is 5.92 Å². The van der Waals surface area contributed by atoms with Crippen LogP contribution in [-0.2, 0) is 4.79 Å². The maximum absolute atomic E-state index is 11.3. The van der Waals surface area contributed by atoms with Crippen LogP contribution in [0.15, 0.2) is 16.6 Å². The number of Topliss-reactive ketones (excluding diaryl/α,β-unsaturated/α-hetero) is 1. The van der Waals surface area contributed by atoms with Gasteiger partial charge in [-0.25, -0.2) is 0 Å². The summed E-state index contributed by atoms with van der Waals surface area (Å²) >= 11 is 0. The number of nitriles is 1. The van der Waals surface area contributed by atoms with Crippen LogP contribution in [0.3, 0.4) is 0 Å². The van der Waals surface area contributed by atoms with Gasteiger partial charge in [-0.3, -0.25) is 9.79 Å². The molecule has 1 aliphatic carbocycles.